The van der Waals surface area contributed by atoms with Gasteiger partial charge in [-0.3, -0.25) is 9.48 Å². The molecule has 136 valence electrons. The predicted octanol–water partition coefficient (Wildman–Crippen LogP) is 3.19. The molecule has 0 aliphatic carbocycles. The number of rotatable bonds is 5. The van der Waals surface area contributed by atoms with Gasteiger partial charge in [-0.15, -0.1) is 24.2 Å². The second-order valence-electron chi connectivity index (χ2n) is 6.18. The summed E-state index contributed by atoms with van der Waals surface area (Å²) in [4.78, 5) is 13.6. The van der Waals surface area contributed by atoms with Crippen molar-refractivity contribution in [3.63, 3.8) is 0 Å². The fourth-order valence-electron chi connectivity index (χ4n) is 2.99. The Labute approximate surface area is 159 Å². The lowest BCUT2D eigenvalue weighted by molar-refractivity contribution is 0.0944. The summed E-state index contributed by atoms with van der Waals surface area (Å²) in [6, 6.07) is 8.45. The second kappa shape index (κ2) is 9.27. The Balaban J connectivity index is 0.00000225. The van der Waals surface area contributed by atoms with E-state index in [4.69, 9.17) is 0 Å². The predicted molar refractivity (Wildman–Crippen MR) is 105 cm³/mol. The van der Waals surface area contributed by atoms with Crippen LogP contribution in [0.1, 0.15) is 40.5 Å². The summed E-state index contributed by atoms with van der Waals surface area (Å²) >= 11 is 1.70. The molecule has 0 radical (unpaired) electrons. The number of aromatic nitrogens is 2. The molecule has 1 saturated heterocycles. The van der Waals surface area contributed by atoms with Gasteiger partial charge in [0.15, 0.2) is 0 Å². The number of piperidine rings is 1. The molecule has 2 heterocycles. The molecular formula is C18H25ClN4OS. The van der Waals surface area contributed by atoms with Crippen LogP contribution in [-0.4, -0.2) is 35.0 Å². The minimum absolute atomic E-state index is 0. The first-order valence-electron chi connectivity index (χ1n) is 8.35. The number of hydrogen-bond acceptors (Lipinski definition) is 4. The van der Waals surface area contributed by atoms with Crippen molar-refractivity contribution in [3.05, 3.63) is 47.3 Å². The average Bonchev–Trinajstić information content (AvgIpc) is 3.11. The van der Waals surface area contributed by atoms with Gasteiger partial charge in [-0.25, -0.2) is 0 Å². The van der Waals surface area contributed by atoms with E-state index in [1.54, 1.807) is 17.8 Å². The number of aryl methyl sites for hydroxylation is 1. The maximum atomic E-state index is 12.4. The zero-order valence-corrected chi connectivity index (χ0v) is 16.3. The highest BCUT2D eigenvalue weighted by Gasteiger charge is 2.17. The number of carbonyl (C=O) groups excluding carboxylic acids is 1. The molecular weight excluding hydrogens is 356 g/mol. The fraction of sp³-hybridized carbons (Fsp3) is 0.444. The van der Waals surface area contributed by atoms with E-state index in [0.29, 0.717) is 18.3 Å². The van der Waals surface area contributed by atoms with E-state index < -0.39 is 0 Å². The number of thioether (sulfide) groups is 1. The van der Waals surface area contributed by atoms with Gasteiger partial charge in [0.25, 0.3) is 5.91 Å². The second-order valence-corrected chi connectivity index (χ2v) is 7.03. The van der Waals surface area contributed by atoms with Gasteiger partial charge >= 0.3 is 0 Å². The van der Waals surface area contributed by atoms with E-state index >= 15 is 0 Å². The standard InChI is InChI=1S/C18H24N4OS.ClH/c1-13-5-6-14(17(10-13)24-2)11-20-18(23)16-7-9-22(21-16)15-4-3-8-19-12-15;/h5-7,9-10,15,19H,3-4,8,11-12H2,1-2H3,(H,20,23);1H. The number of carbonyl (C=O) groups is 1. The van der Waals surface area contributed by atoms with Crippen LogP contribution in [0.3, 0.4) is 0 Å². The summed E-state index contributed by atoms with van der Waals surface area (Å²) in [6.45, 7) is 4.59. The number of hydrogen-bond donors (Lipinski definition) is 2. The molecule has 0 bridgehead atoms. The van der Waals surface area contributed by atoms with Crippen LogP contribution in [0.2, 0.25) is 0 Å². The monoisotopic (exact) mass is 380 g/mol. The molecule has 3 rings (SSSR count). The molecule has 2 aromatic rings. The smallest absolute Gasteiger partial charge is 0.272 e. The third-order valence-electron chi connectivity index (χ3n) is 4.37. The number of amides is 1. The van der Waals surface area contributed by atoms with Gasteiger partial charge in [-0.2, -0.15) is 5.10 Å². The zero-order chi connectivity index (χ0) is 16.9. The Hall–Kier alpha value is -1.50. The van der Waals surface area contributed by atoms with Crippen LogP contribution < -0.4 is 10.6 Å². The molecule has 25 heavy (non-hydrogen) atoms. The van der Waals surface area contributed by atoms with Crippen molar-refractivity contribution in [2.24, 2.45) is 0 Å². The van der Waals surface area contributed by atoms with Crippen LogP contribution in [0.5, 0.6) is 0 Å². The third-order valence-corrected chi connectivity index (χ3v) is 5.19. The molecule has 1 aromatic heterocycles. The Morgan fingerprint density at radius 3 is 3.00 bits per heavy atom. The first-order valence-corrected chi connectivity index (χ1v) is 9.57. The number of halogens is 1. The van der Waals surface area contributed by atoms with E-state index in [1.807, 2.05) is 10.9 Å². The maximum absolute atomic E-state index is 12.4. The lowest BCUT2D eigenvalue weighted by Crippen LogP contribution is -2.32. The van der Waals surface area contributed by atoms with E-state index in [0.717, 1.165) is 31.5 Å². The normalized spacial score (nSPS) is 17.0. The Bertz CT molecular complexity index is 713. The molecule has 1 fully saturated rings. The van der Waals surface area contributed by atoms with E-state index in [1.165, 1.54) is 10.5 Å². The minimum Gasteiger partial charge on any atom is -0.347 e. The lowest BCUT2D eigenvalue weighted by atomic mass is 10.1. The molecule has 1 unspecified atom stereocenters. The summed E-state index contributed by atoms with van der Waals surface area (Å²) in [5.41, 5.74) is 2.85. The van der Waals surface area contributed by atoms with Crippen molar-refractivity contribution >= 4 is 30.1 Å². The maximum Gasteiger partial charge on any atom is 0.272 e. The van der Waals surface area contributed by atoms with Crippen molar-refractivity contribution in [2.45, 2.75) is 37.2 Å². The molecule has 2 N–H and O–H groups in total. The van der Waals surface area contributed by atoms with E-state index in [-0.39, 0.29) is 18.3 Å². The molecule has 1 atom stereocenters. The summed E-state index contributed by atoms with van der Waals surface area (Å²) in [5.74, 6) is -0.120. The highest BCUT2D eigenvalue weighted by Crippen LogP contribution is 2.22. The minimum atomic E-state index is -0.120. The van der Waals surface area contributed by atoms with Crippen LogP contribution in [0.4, 0.5) is 0 Å². The number of nitrogens with one attached hydrogen (secondary N) is 2. The van der Waals surface area contributed by atoms with Gasteiger partial charge in [-0.05, 0) is 55.8 Å². The van der Waals surface area contributed by atoms with Crippen LogP contribution in [0.15, 0.2) is 35.4 Å². The van der Waals surface area contributed by atoms with Crippen LogP contribution in [0, 0.1) is 6.92 Å². The topological polar surface area (TPSA) is 59.0 Å². The zero-order valence-electron chi connectivity index (χ0n) is 14.6. The Kier molecular flexibility index (Phi) is 7.35. The number of benzene rings is 1. The van der Waals surface area contributed by atoms with Crippen molar-refractivity contribution in [1.82, 2.24) is 20.4 Å². The molecule has 0 saturated carbocycles. The summed E-state index contributed by atoms with van der Waals surface area (Å²) in [6.07, 6.45) is 6.22. The lowest BCUT2D eigenvalue weighted by Gasteiger charge is -2.22. The molecule has 1 aliphatic heterocycles. The first-order chi connectivity index (χ1) is 11.7. The molecule has 0 spiro atoms. The van der Waals surface area contributed by atoms with Gasteiger partial charge in [-0.1, -0.05) is 12.1 Å². The van der Waals surface area contributed by atoms with Crippen molar-refractivity contribution in [1.29, 1.82) is 0 Å². The van der Waals surface area contributed by atoms with Crippen LogP contribution >= 0.6 is 24.2 Å². The Morgan fingerprint density at radius 2 is 2.28 bits per heavy atom. The van der Waals surface area contributed by atoms with Crippen LogP contribution in [0.25, 0.3) is 0 Å². The molecule has 1 aromatic carbocycles. The summed E-state index contributed by atoms with van der Waals surface area (Å²) < 4.78 is 1.92. The highest BCUT2D eigenvalue weighted by atomic mass is 35.5. The van der Waals surface area contributed by atoms with Crippen molar-refractivity contribution in [2.75, 3.05) is 19.3 Å². The van der Waals surface area contributed by atoms with Gasteiger partial charge in [0.05, 0.1) is 6.04 Å². The molecule has 7 heteroatoms. The Morgan fingerprint density at radius 1 is 1.44 bits per heavy atom. The molecule has 1 aliphatic rings. The van der Waals surface area contributed by atoms with Crippen LogP contribution in [-0.2, 0) is 6.54 Å². The number of nitrogens with zero attached hydrogens (tertiary/aromatic N) is 2. The quantitative estimate of drug-likeness (QED) is 0.782. The van der Waals surface area contributed by atoms with E-state index in [9.17, 15) is 4.79 Å². The largest absolute Gasteiger partial charge is 0.347 e. The van der Waals surface area contributed by atoms with Gasteiger partial charge in [0.2, 0.25) is 0 Å². The average molecular weight is 381 g/mol. The molecule has 1 amide bonds. The van der Waals surface area contributed by atoms with Crippen molar-refractivity contribution < 1.29 is 4.79 Å². The van der Waals surface area contributed by atoms with Crippen molar-refractivity contribution in [3.8, 4) is 0 Å². The third kappa shape index (κ3) is 5.00. The molecule has 5 nitrogen and oxygen atoms in total. The van der Waals surface area contributed by atoms with Gasteiger partial charge in [0, 0.05) is 24.2 Å². The summed E-state index contributed by atoms with van der Waals surface area (Å²) in [7, 11) is 0. The SMILES string of the molecule is CSc1cc(C)ccc1CNC(=O)c1ccn(C2CCCNC2)n1.Cl. The van der Waals surface area contributed by atoms with Gasteiger partial charge in [0.1, 0.15) is 5.69 Å². The highest BCUT2D eigenvalue weighted by molar-refractivity contribution is 7.98. The fourth-order valence-corrected chi connectivity index (χ4v) is 3.69. The van der Waals surface area contributed by atoms with E-state index in [2.05, 4.69) is 47.1 Å². The summed E-state index contributed by atoms with van der Waals surface area (Å²) in [5, 5.41) is 10.8. The van der Waals surface area contributed by atoms with Gasteiger partial charge < -0.3 is 10.6 Å². The first kappa shape index (κ1) is 19.8.